The normalized spacial score (nSPS) is 12.4. The first-order valence-corrected chi connectivity index (χ1v) is 7.97. The van der Waals surface area contributed by atoms with E-state index in [1.807, 2.05) is 24.3 Å². The molecule has 3 rings (SSSR count). The first kappa shape index (κ1) is 15.3. The number of carbonyl (C=O) groups excluding carboxylic acids is 1. The molecule has 0 aliphatic rings. The van der Waals surface area contributed by atoms with Gasteiger partial charge in [-0.25, -0.2) is 4.79 Å². The molecule has 23 heavy (non-hydrogen) atoms. The molecular formula is C20H21NO2. The Morgan fingerprint density at radius 3 is 2.65 bits per heavy atom. The molecule has 0 bridgehead atoms. The van der Waals surface area contributed by atoms with Gasteiger partial charge in [-0.3, -0.25) is 0 Å². The van der Waals surface area contributed by atoms with E-state index in [1.54, 1.807) is 6.92 Å². The first-order chi connectivity index (χ1) is 11.1. The molecule has 0 aliphatic heterocycles. The van der Waals surface area contributed by atoms with E-state index in [0.717, 1.165) is 34.8 Å². The van der Waals surface area contributed by atoms with Crippen LogP contribution in [0.4, 0.5) is 0 Å². The number of carbonyl (C=O) groups is 1. The number of esters is 1. The zero-order valence-corrected chi connectivity index (χ0v) is 13.6. The molecule has 3 nitrogen and oxygen atoms in total. The topological polar surface area (TPSA) is 42.1 Å². The van der Waals surface area contributed by atoms with Crippen LogP contribution in [0.5, 0.6) is 0 Å². The summed E-state index contributed by atoms with van der Waals surface area (Å²) in [4.78, 5) is 15.5. The lowest BCUT2D eigenvalue weighted by atomic mass is 10.0. The number of ether oxygens (including phenoxy) is 1. The second-order valence-electron chi connectivity index (χ2n) is 5.90. The molecular weight excluding hydrogens is 286 g/mol. The van der Waals surface area contributed by atoms with Crippen LogP contribution in [0, 0.1) is 0 Å². The summed E-state index contributed by atoms with van der Waals surface area (Å²) in [5.74, 6) is -0.337. The number of nitrogens with one attached hydrogen (secondary N) is 1. The lowest BCUT2D eigenvalue weighted by Gasteiger charge is -2.18. The van der Waals surface area contributed by atoms with Gasteiger partial charge in [0, 0.05) is 27.4 Å². The van der Waals surface area contributed by atoms with E-state index < -0.39 is 0 Å². The van der Waals surface area contributed by atoms with Crippen molar-refractivity contribution < 1.29 is 9.53 Å². The molecule has 1 aromatic heterocycles. The Bertz CT molecular complexity index is 876. The highest BCUT2D eigenvalue weighted by atomic mass is 16.5. The van der Waals surface area contributed by atoms with Crippen LogP contribution in [0.15, 0.2) is 54.6 Å². The largest absolute Gasteiger partial charge is 0.454 e. The van der Waals surface area contributed by atoms with Crippen molar-refractivity contribution in [2.45, 2.75) is 32.8 Å². The highest BCUT2D eigenvalue weighted by molar-refractivity contribution is 6.08. The maximum absolute atomic E-state index is 12.0. The number of H-pyrrole nitrogens is 1. The molecule has 1 N–H and O–H groups in total. The number of fused-ring (bicyclic) bond motifs is 3. The van der Waals surface area contributed by atoms with Gasteiger partial charge < -0.3 is 9.72 Å². The monoisotopic (exact) mass is 307 g/mol. The Balaban J connectivity index is 2.12. The van der Waals surface area contributed by atoms with Gasteiger partial charge in [-0.2, -0.15) is 0 Å². The van der Waals surface area contributed by atoms with Gasteiger partial charge in [0.05, 0.1) is 5.52 Å². The van der Waals surface area contributed by atoms with Crippen LogP contribution in [0.3, 0.4) is 0 Å². The maximum atomic E-state index is 12.0. The minimum atomic E-state index is -0.337. The summed E-state index contributed by atoms with van der Waals surface area (Å²) in [6.45, 7) is 7.44. The van der Waals surface area contributed by atoms with Crippen molar-refractivity contribution in [3.05, 3.63) is 60.2 Å². The van der Waals surface area contributed by atoms with Crippen molar-refractivity contribution in [3.63, 3.8) is 0 Å². The molecule has 3 heteroatoms. The SMILES string of the molecule is C=C(C)C(=O)OC(CCC)c1cccc2c1[nH]c1ccccc12. The second kappa shape index (κ2) is 6.29. The lowest BCUT2D eigenvalue weighted by Crippen LogP contribution is -2.12. The number of benzene rings is 2. The van der Waals surface area contributed by atoms with Crippen molar-refractivity contribution in [2.24, 2.45) is 0 Å². The number of aromatic nitrogens is 1. The molecule has 0 saturated heterocycles. The van der Waals surface area contributed by atoms with Crippen molar-refractivity contribution in [1.82, 2.24) is 4.98 Å². The molecule has 118 valence electrons. The van der Waals surface area contributed by atoms with Crippen LogP contribution in [0.25, 0.3) is 21.8 Å². The molecule has 1 unspecified atom stereocenters. The van der Waals surface area contributed by atoms with Crippen molar-refractivity contribution in [3.8, 4) is 0 Å². The standard InChI is InChI=1S/C20H21NO2/c1-4-8-18(23-20(22)13(2)3)16-11-7-10-15-14-9-5-6-12-17(14)21-19(15)16/h5-7,9-12,18,21H,2,4,8H2,1,3H3. The average Bonchev–Trinajstić information content (AvgIpc) is 2.93. The summed E-state index contributed by atoms with van der Waals surface area (Å²) < 4.78 is 5.68. The average molecular weight is 307 g/mol. The molecule has 0 radical (unpaired) electrons. The summed E-state index contributed by atoms with van der Waals surface area (Å²) >= 11 is 0. The maximum Gasteiger partial charge on any atom is 0.333 e. The summed E-state index contributed by atoms with van der Waals surface area (Å²) in [5, 5.41) is 2.34. The summed E-state index contributed by atoms with van der Waals surface area (Å²) in [5.41, 5.74) is 3.59. The van der Waals surface area contributed by atoms with Crippen molar-refractivity contribution in [1.29, 1.82) is 0 Å². The Labute approximate surface area is 136 Å². The Hall–Kier alpha value is -2.55. The minimum absolute atomic E-state index is 0.263. The molecule has 1 heterocycles. The van der Waals surface area contributed by atoms with Crippen LogP contribution in [-0.2, 0) is 9.53 Å². The number of aromatic amines is 1. The third-order valence-electron chi connectivity index (χ3n) is 4.07. The van der Waals surface area contributed by atoms with E-state index in [0.29, 0.717) is 5.57 Å². The van der Waals surface area contributed by atoms with Gasteiger partial charge in [0.15, 0.2) is 0 Å². The van der Waals surface area contributed by atoms with E-state index in [-0.39, 0.29) is 12.1 Å². The van der Waals surface area contributed by atoms with E-state index in [2.05, 4.69) is 36.7 Å². The van der Waals surface area contributed by atoms with E-state index in [4.69, 9.17) is 4.74 Å². The molecule has 0 saturated carbocycles. The fourth-order valence-electron chi connectivity index (χ4n) is 2.93. The predicted molar refractivity (Wildman–Crippen MR) is 94.4 cm³/mol. The third-order valence-corrected chi connectivity index (χ3v) is 4.07. The highest BCUT2D eigenvalue weighted by Crippen LogP contribution is 2.33. The van der Waals surface area contributed by atoms with Gasteiger partial charge in [-0.05, 0) is 19.4 Å². The quantitative estimate of drug-likeness (QED) is 0.514. The van der Waals surface area contributed by atoms with Gasteiger partial charge >= 0.3 is 5.97 Å². The van der Waals surface area contributed by atoms with Gasteiger partial charge in [0.25, 0.3) is 0 Å². The molecule has 2 aromatic carbocycles. The zero-order chi connectivity index (χ0) is 16.4. The van der Waals surface area contributed by atoms with Crippen LogP contribution < -0.4 is 0 Å². The van der Waals surface area contributed by atoms with Gasteiger partial charge in [-0.15, -0.1) is 0 Å². The van der Waals surface area contributed by atoms with Crippen molar-refractivity contribution in [2.75, 3.05) is 0 Å². The third kappa shape index (κ3) is 2.87. The molecule has 0 spiro atoms. The Kier molecular flexibility index (Phi) is 4.20. The number of para-hydroxylation sites is 2. The fourth-order valence-corrected chi connectivity index (χ4v) is 2.93. The van der Waals surface area contributed by atoms with E-state index in [9.17, 15) is 4.79 Å². The molecule has 3 aromatic rings. The molecule has 0 amide bonds. The number of rotatable bonds is 5. The molecule has 1 atom stereocenters. The highest BCUT2D eigenvalue weighted by Gasteiger charge is 2.20. The first-order valence-electron chi connectivity index (χ1n) is 7.97. The minimum Gasteiger partial charge on any atom is -0.454 e. The summed E-state index contributed by atoms with van der Waals surface area (Å²) in [6, 6.07) is 14.4. The van der Waals surface area contributed by atoms with Crippen LogP contribution in [0.1, 0.15) is 38.4 Å². The number of hydrogen-bond acceptors (Lipinski definition) is 2. The van der Waals surface area contributed by atoms with E-state index in [1.165, 1.54) is 5.39 Å². The summed E-state index contributed by atoms with van der Waals surface area (Å²) in [7, 11) is 0. The summed E-state index contributed by atoms with van der Waals surface area (Å²) in [6.07, 6.45) is 1.46. The van der Waals surface area contributed by atoms with Gasteiger partial charge in [0.2, 0.25) is 0 Å². The predicted octanol–water partition coefficient (Wildman–Crippen LogP) is 5.28. The Morgan fingerprint density at radius 2 is 1.91 bits per heavy atom. The molecule has 0 fully saturated rings. The second-order valence-corrected chi connectivity index (χ2v) is 5.90. The number of hydrogen-bond donors (Lipinski definition) is 1. The lowest BCUT2D eigenvalue weighted by molar-refractivity contribution is -0.144. The fraction of sp³-hybridized carbons (Fsp3) is 0.250. The zero-order valence-electron chi connectivity index (χ0n) is 13.6. The molecule has 0 aliphatic carbocycles. The smallest absolute Gasteiger partial charge is 0.333 e. The van der Waals surface area contributed by atoms with Crippen LogP contribution >= 0.6 is 0 Å². The van der Waals surface area contributed by atoms with Gasteiger partial charge in [0.1, 0.15) is 6.10 Å². The van der Waals surface area contributed by atoms with Gasteiger partial charge in [-0.1, -0.05) is 56.3 Å². The Morgan fingerprint density at radius 1 is 1.17 bits per heavy atom. The van der Waals surface area contributed by atoms with E-state index >= 15 is 0 Å². The van der Waals surface area contributed by atoms with Crippen LogP contribution in [0.2, 0.25) is 0 Å². The van der Waals surface area contributed by atoms with Crippen molar-refractivity contribution >= 4 is 27.8 Å². The van der Waals surface area contributed by atoms with Crippen LogP contribution in [-0.4, -0.2) is 11.0 Å².